The summed E-state index contributed by atoms with van der Waals surface area (Å²) in [6, 6.07) is 10.8. The van der Waals surface area contributed by atoms with E-state index in [9.17, 15) is 9.59 Å². The number of piperazine rings is 1. The number of likely N-dealkylation sites (tertiary alicyclic amines) is 1. The zero-order valence-electron chi connectivity index (χ0n) is 17.1. The molecule has 2 aliphatic heterocycles. The first-order valence-electron chi connectivity index (χ1n) is 11.0. The Morgan fingerprint density at radius 2 is 1.59 bits per heavy atom. The maximum Gasteiger partial charge on any atom is 0.317 e. The summed E-state index contributed by atoms with van der Waals surface area (Å²) in [7, 11) is 0. The van der Waals surface area contributed by atoms with Gasteiger partial charge in [0.2, 0.25) is 5.91 Å². The molecule has 0 radical (unpaired) electrons. The summed E-state index contributed by atoms with van der Waals surface area (Å²) >= 11 is 0. The van der Waals surface area contributed by atoms with Gasteiger partial charge in [0.1, 0.15) is 0 Å². The predicted molar refractivity (Wildman–Crippen MR) is 114 cm³/mol. The minimum absolute atomic E-state index is 0.0515. The van der Waals surface area contributed by atoms with Crippen LogP contribution >= 0.6 is 0 Å². The number of nitrogens with one attached hydrogen (secondary N) is 1. The monoisotopic (exact) mass is 396 g/mol. The van der Waals surface area contributed by atoms with E-state index in [0.29, 0.717) is 19.1 Å². The Hall–Kier alpha value is -2.34. The highest BCUT2D eigenvalue weighted by Crippen LogP contribution is 2.23. The van der Waals surface area contributed by atoms with Gasteiger partial charge in [-0.05, 0) is 31.2 Å². The normalized spacial score (nSPS) is 21.5. The molecule has 2 heterocycles. The first kappa shape index (κ1) is 20.0. The number of carbonyl (C=O) groups is 2. The molecule has 1 aliphatic carbocycles. The molecule has 29 heavy (non-hydrogen) atoms. The SMILES string of the molecule is O=C(NC1CC1)N1CCC(C(=O)N2CCN(C/C=C/c3ccccc3)CC2)CC1. The highest BCUT2D eigenvalue weighted by atomic mass is 16.2. The maximum atomic E-state index is 12.9. The maximum absolute atomic E-state index is 12.9. The molecule has 1 saturated carbocycles. The van der Waals surface area contributed by atoms with Crippen molar-refractivity contribution >= 4 is 18.0 Å². The van der Waals surface area contributed by atoms with E-state index in [2.05, 4.69) is 34.5 Å². The third kappa shape index (κ3) is 5.60. The quantitative estimate of drug-likeness (QED) is 0.832. The molecular weight excluding hydrogens is 364 g/mol. The van der Waals surface area contributed by atoms with Crippen molar-refractivity contribution in [3.05, 3.63) is 42.0 Å². The largest absolute Gasteiger partial charge is 0.340 e. The van der Waals surface area contributed by atoms with Gasteiger partial charge in [-0.15, -0.1) is 0 Å². The van der Waals surface area contributed by atoms with E-state index in [1.807, 2.05) is 28.0 Å². The van der Waals surface area contributed by atoms with Crippen LogP contribution in [-0.2, 0) is 4.79 Å². The third-order valence-corrected chi connectivity index (χ3v) is 6.19. The van der Waals surface area contributed by atoms with E-state index in [-0.39, 0.29) is 17.9 Å². The lowest BCUT2D eigenvalue weighted by Gasteiger charge is -2.38. The predicted octanol–water partition coefficient (Wildman–Crippen LogP) is 2.43. The van der Waals surface area contributed by atoms with Crippen molar-refractivity contribution in [3.8, 4) is 0 Å². The summed E-state index contributed by atoms with van der Waals surface area (Å²) in [5.74, 6) is 0.358. The first-order valence-corrected chi connectivity index (χ1v) is 11.0. The number of piperidine rings is 1. The molecule has 3 aliphatic rings. The van der Waals surface area contributed by atoms with Gasteiger partial charge >= 0.3 is 6.03 Å². The van der Waals surface area contributed by atoms with Gasteiger partial charge in [0.15, 0.2) is 0 Å². The van der Waals surface area contributed by atoms with Crippen LogP contribution in [0.25, 0.3) is 6.08 Å². The summed E-state index contributed by atoms with van der Waals surface area (Å²) in [4.78, 5) is 31.3. The summed E-state index contributed by atoms with van der Waals surface area (Å²) < 4.78 is 0. The second-order valence-corrected chi connectivity index (χ2v) is 8.42. The van der Waals surface area contributed by atoms with Crippen LogP contribution < -0.4 is 5.32 Å². The van der Waals surface area contributed by atoms with Crippen molar-refractivity contribution in [1.29, 1.82) is 0 Å². The van der Waals surface area contributed by atoms with Gasteiger partial charge in [0.25, 0.3) is 0 Å². The molecular formula is C23H32N4O2. The Morgan fingerprint density at radius 1 is 0.897 bits per heavy atom. The van der Waals surface area contributed by atoms with Crippen molar-refractivity contribution in [1.82, 2.24) is 20.0 Å². The van der Waals surface area contributed by atoms with Gasteiger partial charge in [-0.2, -0.15) is 0 Å². The fraction of sp³-hybridized carbons (Fsp3) is 0.565. The molecule has 156 valence electrons. The first-order chi connectivity index (χ1) is 14.2. The number of nitrogens with zero attached hydrogens (tertiary/aromatic N) is 3. The zero-order valence-corrected chi connectivity index (χ0v) is 17.1. The minimum Gasteiger partial charge on any atom is -0.340 e. The number of hydrogen-bond acceptors (Lipinski definition) is 3. The Bertz CT molecular complexity index is 716. The van der Waals surface area contributed by atoms with Gasteiger partial charge < -0.3 is 15.1 Å². The molecule has 0 atom stereocenters. The fourth-order valence-corrected chi connectivity index (χ4v) is 4.13. The van der Waals surface area contributed by atoms with Crippen LogP contribution in [0.2, 0.25) is 0 Å². The summed E-state index contributed by atoms with van der Waals surface area (Å²) in [6.45, 7) is 5.77. The summed E-state index contributed by atoms with van der Waals surface area (Å²) in [5, 5.41) is 3.04. The molecule has 4 rings (SSSR count). The zero-order chi connectivity index (χ0) is 20.1. The number of amides is 3. The molecule has 0 aromatic heterocycles. The summed E-state index contributed by atoms with van der Waals surface area (Å²) in [6.07, 6.45) is 8.15. The van der Waals surface area contributed by atoms with Crippen molar-refractivity contribution in [2.75, 3.05) is 45.8 Å². The van der Waals surface area contributed by atoms with Crippen molar-refractivity contribution in [2.24, 2.45) is 5.92 Å². The molecule has 1 aromatic carbocycles. The lowest BCUT2D eigenvalue weighted by molar-refractivity contribution is -0.138. The van der Waals surface area contributed by atoms with Crippen LogP contribution in [0.4, 0.5) is 4.79 Å². The third-order valence-electron chi connectivity index (χ3n) is 6.19. The van der Waals surface area contributed by atoms with Gasteiger partial charge in [0, 0.05) is 57.8 Å². The second-order valence-electron chi connectivity index (χ2n) is 8.42. The smallest absolute Gasteiger partial charge is 0.317 e. The number of benzene rings is 1. The van der Waals surface area contributed by atoms with Crippen molar-refractivity contribution in [2.45, 2.75) is 31.7 Å². The van der Waals surface area contributed by atoms with Crippen LogP contribution in [-0.4, -0.2) is 78.5 Å². The minimum atomic E-state index is 0.0515. The molecule has 1 aromatic rings. The standard InChI is InChI=1S/C23H32N4O2/c28-22(20-10-13-27(14-11-20)23(29)24-21-8-9-21)26-17-15-25(16-18-26)12-4-7-19-5-2-1-3-6-19/h1-7,20-21H,8-18H2,(H,24,29)/b7-4+. The van der Waals surface area contributed by atoms with Crippen LogP contribution in [0, 0.1) is 5.92 Å². The van der Waals surface area contributed by atoms with Crippen LogP contribution in [0.15, 0.2) is 36.4 Å². The lowest BCUT2D eigenvalue weighted by Crippen LogP contribution is -2.52. The van der Waals surface area contributed by atoms with Gasteiger partial charge in [0.05, 0.1) is 0 Å². The molecule has 0 unspecified atom stereocenters. The molecule has 6 heteroatoms. The Morgan fingerprint density at radius 3 is 2.24 bits per heavy atom. The Balaban J connectivity index is 1.16. The number of urea groups is 1. The highest BCUT2D eigenvalue weighted by Gasteiger charge is 2.33. The summed E-state index contributed by atoms with van der Waals surface area (Å²) in [5.41, 5.74) is 1.22. The highest BCUT2D eigenvalue weighted by molar-refractivity contribution is 5.80. The van der Waals surface area contributed by atoms with E-state index in [1.165, 1.54) is 5.56 Å². The van der Waals surface area contributed by atoms with Crippen LogP contribution in [0.5, 0.6) is 0 Å². The molecule has 1 N–H and O–H groups in total. The van der Waals surface area contributed by atoms with E-state index in [1.54, 1.807) is 0 Å². The molecule has 2 saturated heterocycles. The van der Waals surface area contributed by atoms with E-state index >= 15 is 0 Å². The Labute approximate surface area is 173 Å². The van der Waals surface area contributed by atoms with Crippen molar-refractivity contribution in [3.63, 3.8) is 0 Å². The van der Waals surface area contributed by atoms with Crippen LogP contribution in [0.3, 0.4) is 0 Å². The topological polar surface area (TPSA) is 55.9 Å². The van der Waals surface area contributed by atoms with E-state index in [0.717, 1.165) is 58.4 Å². The average Bonchev–Trinajstić information content (AvgIpc) is 3.59. The van der Waals surface area contributed by atoms with Crippen molar-refractivity contribution < 1.29 is 9.59 Å². The average molecular weight is 397 g/mol. The second kappa shape index (κ2) is 9.44. The molecule has 3 fully saturated rings. The molecule has 6 nitrogen and oxygen atoms in total. The fourth-order valence-electron chi connectivity index (χ4n) is 4.13. The van der Waals surface area contributed by atoms with Gasteiger partial charge in [-0.3, -0.25) is 9.69 Å². The Kier molecular flexibility index (Phi) is 6.49. The molecule has 0 spiro atoms. The van der Waals surface area contributed by atoms with Crippen LogP contribution in [0.1, 0.15) is 31.2 Å². The van der Waals surface area contributed by atoms with E-state index < -0.39 is 0 Å². The molecule has 0 bridgehead atoms. The number of carbonyl (C=O) groups excluding carboxylic acids is 2. The van der Waals surface area contributed by atoms with E-state index in [4.69, 9.17) is 0 Å². The van der Waals surface area contributed by atoms with Gasteiger partial charge in [-0.25, -0.2) is 4.79 Å². The van der Waals surface area contributed by atoms with Gasteiger partial charge in [-0.1, -0.05) is 42.5 Å². The molecule has 3 amide bonds. The number of hydrogen-bond donors (Lipinski definition) is 1. The number of rotatable bonds is 5. The lowest BCUT2D eigenvalue weighted by atomic mass is 9.95.